The summed E-state index contributed by atoms with van der Waals surface area (Å²) in [6.07, 6.45) is 0.363. The Morgan fingerprint density at radius 3 is 2.57 bits per heavy atom. The van der Waals surface area contributed by atoms with E-state index < -0.39 is 5.97 Å². The summed E-state index contributed by atoms with van der Waals surface area (Å²) in [5, 5.41) is 17.0. The van der Waals surface area contributed by atoms with Crippen LogP contribution in [0.4, 0.5) is 0 Å². The molecule has 1 aromatic carbocycles. The highest BCUT2D eigenvalue weighted by Gasteiger charge is 2.19. The zero-order chi connectivity index (χ0) is 17.0. The molecular formula is C16H19N3O4. The molecule has 1 heterocycles. The zero-order valence-electron chi connectivity index (χ0n) is 13.4. The van der Waals surface area contributed by atoms with Gasteiger partial charge in [0, 0.05) is 6.42 Å². The number of methoxy groups -OCH3 is 2. The molecule has 2 aromatic rings. The van der Waals surface area contributed by atoms with Gasteiger partial charge in [0.2, 0.25) is 0 Å². The van der Waals surface area contributed by atoms with Crippen molar-refractivity contribution >= 4 is 5.97 Å². The Morgan fingerprint density at radius 2 is 2.00 bits per heavy atom. The second kappa shape index (κ2) is 6.95. The van der Waals surface area contributed by atoms with Gasteiger partial charge in [-0.1, -0.05) is 23.4 Å². The molecule has 0 spiro atoms. The van der Waals surface area contributed by atoms with Crippen molar-refractivity contribution in [1.29, 1.82) is 0 Å². The summed E-state index contributed by atoms with van der Waals surface area (Å²) in [5.74, 6) is 0.0949. The lowest BCUT2D eigenvalue weighted by Crippen LogP contribution is -2.10. The summed E-state index contributed by atoms with van der Waals surface area (Å²) < 4.78 is 12.0. The Kier molecular flexibility index (Phi) is 5.00. The summed E-state index contributed by atoms with van der Waals surface area (Å²) >= 11 is 0. The van der Waals surface area contributed by atoms with Gasteiger partial charge in [0.1, 0.15) is 0 Å². The number of rotatable bonds is 7. The van der Waals surface area contributed by atoms with E-state index in [4.69, 9.17) is 9.47 Å². The second-order valence-corrected chi connectivity index (χ2v) is 5.17. The fourth-order valence-electron chi connectivity index (χ4n) is 2.24. The summed E-state index contributed by atoms with van der Waals surface area (Å²) in [5.41, 5.74) is 2.20. The van der Waals surface area contributed by atoms with Crippen molar-refractivity contribution in [3.63, 3.8) is 0 Å². The zero-order valence-corrected chi connectivity index (χ0v) is 13.4. The van der Waals surface area contributed by atoms with E-state index in [1.54, 1.807) is 25.0 Å². The van der Waals surface area contributed by atoms with Crippen molar-refractivity contribution in [3.8, 4) is 11.5 Å². The van der Waals surface area contributed by atoms with Gasteiger partial charge in [-0.25, -0.2) is 9.48 Å². The Balaban J connectivity index is 2.40. The first-order valence-corrected chi connectivity index (χ1v) is 6.97. The SMILES string of the molecule is C=C(C)Cn1nnc(C(=O)O)c1Cc1ccc(OC)c(OC)c1. The van der Waals surface area contributed by atoms with Crippen molar-refractivity contribution < 1.29 is 19.4 Å². The van der Waals surface area contributed by atoms with Gasteiger partial charge in [0.05, 0.1) is 26.5 Å². The van der Waals surface area contributed by atoms with E-state index in [-0.39, 0.29) is 5.69 Å². The van der Waals surface area contributed by atoms with Crippen LogP contribution in [0, 0.1) is 0 Å². The van der Waals surface area contributed by atoms with Crippen molar-refractivity contribution in [2.45, 2.75) is 19.9 Å². The lowest BCUT2D eigenvalue weighted by atomic mass is 10.1. The molecule has 0 unspecified atom stereocenters. The third-order valence-electron chi connectivity index (χ3n) is 3.28. The molecule has 0 aliphatic rings. The van der Waals surface area contributed by atoms with Gasteiger partial charge in [-0.2, -0.15) is 0 Å². The average molecular weight is 317 g/mol. The topological polar surface area (TPSA) is 86.5 Å². The molecule has 2 rings (SSSR count). The van der Waals surface area contributed by atoms with Crippen molar-refractivity contribution in [1.82, 2.24) is 15.0 Å². The molecule has 0 bridgehead atoms. The monoisotopic (exact) mass is 317 g/mol. The standard InChI is InChI=1S/C16H19N3O4/c1-10(2)9-19-12(15(16(20)21)17-18-19)7-11-5-6-13(22-3)14(8-11)23-4/h5-6,8H,1,7,9H2,2-4H3,(H,20,21). The molecule has 23 heavy (non-hydrogen) atoms. The fourth-order valence-corrected chi connectivity index (χ4v) is 2.24. The van der Waals surface area contributed by atoms with Crippen molar-refractivity contribution in [3.05, 3.63) is 47.3 Å². The maximum atomic E-state index is 11.4. The summed E-state index contributed by atoms with van der Waals surface area (Å²) in [6, 6.07) is 5.44. The minimum absolute atomic E-state index is 0.0546. The van der Waals surface area contributed by atoms with E-state index in [2.05, 4.69) is 16.9 Å². The van der Waals surface area contributed by atoms with Gasteiger partial charge >= 0.3 is 5.97 Å². The van der Waals surface area contributed by atoms with Crippen LogP contribution in [-0.4, -0.2) is 40.3 Å². The van der Waals surface area contributed by atoms with Crippen molar-refractivity contribution in [2.24, 2.45) is 0 Å². The minimum atomic E-state index is -1.10. The minimum Gasteiger partial charge on any atom is -0.493 e. The van der Waals surface area contributed by atoms with E-state index in [9.17, 15) is 9.90 Å². The van der Waals surface area contributed by atoms with E-state index in [1.807, 2.05) is 19.1 Å². The molecule has 0 aliphatic heterocycles. The lowest BCUT2D eigenvalue weighted by Gasteiger charge is -2.11. The van der Waals surface area contributed by atoms with Crippen LogP contribution in [0.2, 0.25) is 0 Å². The Bertz CT molecular complexity index is 737. The van der Waals surface area contributed by atoms with Gasteiger partial charge in [0.25, 0.3) is 0 Å². The lowest BCUT2D eigenvalue weighted by molar-refractivity contribution is 0.0689. The van der Waals surface area contributed by atoms with Crippen LogP contribution >= 0.6 is 0 Å². The smallest absolute Gasteiger partial charge is 0.358 e. The second-order valence-electron chi connectivity index (χ2n) is 5.17. The molecular weight excluding hydrogens is 298 g/mol. The highest BCUT2D eigenvalue weighted by molar-refractivity contribution is 5.86. The third-order valence-corrected chi connectivity index (χ3v) is 3.28. The van der Waals surface area contributed by atoms with E-state index >= 15 is 0 Å². The molecule has 1 aromatic heterocycles. The predicted molar refractivity (Wildman–Crippen MR) is 84.1 cm³/mol. The fraction of sp³-hybridized carbons (Fsp3) is 0.312. The number of allylic oxidation sites excluding steroid dienone is 1. The van der Waals surface area contributed by atoms with E-state index in [0.717, 1.165) is 11.1 Å². The average Bonchev–Trinajstić information content (AvgIpc) is 2.89. The van der Waals surface area contributed by atoms with E-state index in [0.29, 0.717) is 30.2 Å². The van der Waals surface area contributed by atoms with Crippen LogP contribution in [0.1, 0.15) is 28.7 Å². The summed E-state index contributed by atoms with van der Waals surface area (Å²) in [7, 11) is 3.11. The first kappa shape index (κ1) is 16.5. The van der Waals surface area contributed by atoms with Crippen LogP contribution in [-0.2, 0) is 13.0 Å². The number of carboxylic acid groups (broad SMARTS) is 1. The number of aromatic nitrogens is 3. The largest absolute Gasteiger partial charge is 0.493 e. The van der Waals surface area contributed by atoms with Gasteiger partial charge in [-0.05, 0) is 24.6 Å². The molecule has 0 aliphatic carbocycles. The number of benzene rings is 1. The maximum absolute atomic E-state index is 11.4. The summed E-state index contributed by atoms with van der Waals surface area (Å²) in [6.45, 7) is 6.10. The number of hydrogen-bond acceptors (Lipinski definition) is 5. The highest BCUT2D eigenvalue weighted by Crippen LogP contribution is 2.28. The predicted octanol–water partition coefficient (Wildman–Crippen LogP) is 2.16. The Morgan fingerprint density at radius 1 is 1.30 bits per heavy atom. The maximum Gasteiger partial charge on any atom is 0.358 e. The molecule has 1 N–H and O–H groups in total. The van der Waals surface area contributed by atoms with Gasteiger partial charge < -0.3 is 14.6 Å². The highest BCUT2D eigenvalue weighted by atomic mass is 16.5. The number of ether oxygens (including phenoxy) is 2. The molecule has 122 valence electrons. The van der Waals surface area contributed by atoms with Crippen LogP contribution < -0.4 is 9.47 Å². The Labute approximate surface area is 134 Å². The molecule has 0 atom stereocenters. The number of carbonyl (C=O) groups is 1. The molecule has 0 amide bonds. The molecule has 0 fully saturated rings. The van der Waals surface area contributed by atoms with Gasteiger partial charge in [-0.3, -0.25) is 0 Å². The third kappa shape index (κ3) is 3.68. The molecule has 7 heteroatoms. The quantitative estimate of drug-likeness (QED) is 0.788. The Hall–Kier alpha value is -2.83. The molecule has 7 nitrogen and oxygen atoms in total. The number of carboxylic acids is 1. The first-order chi connectivity index (χ1) is 11.0. The molecule has 0 saturated heterocycles. The van der Waals surface area contributed by atoms with Gasteiger partial charge in [0.15, 0.2) is 17.2 Å². The van der Waals surface area contributed by atoms with Crippen LogP contribution in [0.3, 0.4) is 0 Å². The van der Waals surface area contributed by atoms with Crippen LogP contribution in [0.5, 0.6) is 11.5 Å². The van der Waals surface area contributed by atoms with Crippen LogP contribution in [0.15, 0.2) is 30.4 Å². The van der Waals surface area contributed by atoms with Gasteiger partial charge in [-0.15, -0.1) is 5.10 Å². The number of hydrogen-bond donors (Lipinski definition) is 1. The van der Waals surface area contributed by atoms with Crippen molar-refractivity contribution in [2.75, 3.05) is 14.2 Å². The van der Waals surface area contributed by atoms with Crippen LogP contribution in [0.25, 0.3) is 0 Å². The number of nitrogens with zero attached hydrogens (tertiary/aromatic N) is 3. The molecule has 0 radical (unpaired) electrons. The first-order valence-electron chi connectivity index (χ1n) is 6.97. The molecule has 0 saturated carbocycles. The normalized spacial score (nSPS) is 10.4. The summed E-state index contributed by atoms with van der Waals surface area (Å²) in [4.78, 5) is 11.4. The number of aromatic carboxylic acids is 1. The van der Waals surface area contributed by atoms with E-state index in [1.165, 1.54) is 0 Å².